The Morgan fingerprint density at radius 3 is 2.57 bits per heavy atom. The van der Waals surface area contributed by atoms with E-state index in [2.05, 4.69) is 37.1 Å². The third-order valence-electron chi connectivity index (χ3n) is 2.21. The van der Waals surface area contributed by atoms with Crippen molar-refractivity contribution < 1.29 is 0 Å². The highest BCUT2D eigenvalue weighted by Gasteiger charge is 2.01. The van der Waals surface area contributed by atoms with Crippen molar-refractivity contribution in [3.8, 4) is 5.69 Å². The molecule has 2 rings (SSSR count). The van der Waals surface area contributed by atoms with E-state index >= 15 is 0 Å². The molecule has 0 saturated carbocycles. The van der Waals surface area contributed by atoms with Crippen LogP contribution in [0, 0.1) is 13.8 Å². The standard InChI is InChI=1S/C11H13N3/c1-8-3-4-10(9(2)7-8)14-6-5-11(12)13-14/h3-7H,1-2H3,(H2,12,13). The maximum absolute atomic E-state index is 5.56. The average Bonchev–Trinajstić information content (AvgIpc) is 2.51. The van der Waals surface area contributed by atoms with Crippen LogP contribution in [0.1, 0.15) is 11.1 Å². The van der Waals surface area contributed by atoms with E-state index in [1.54, 1.807) is 10.7 Å². The number of rotatable bonds is 1. The third kappa shape index (κ3) is 1.48. The Morgan fingerprint density at radius 2 is 2.00 bits per heavy atom. The number of benzene rings is 1. The zero-order chi connectivity index (χ0) is 10.1. The molecule has 3 heteroatoms. The average molecular weight is 187 g/mol. The van der Waals surface area contributed by atoms with E-state index in [4.69, 9.17) is 5.73 Å². The van der Waals surface area contributed by atoms with E-state index < -0.39 is 0 Å². The molecule has 72 valence electrons. The molecule has 0 bridgehead atoms. The van der Waals surface area contributed by atoms with Crippen molar-refractivity contribution in [1.29, 1.82) is 0 Å². The van der Waals surface area contributed by atoms with Crippen LogP contribution in [0.5, 0.6) is 0 Å². The van der Waals surface area contributed by atoms with Crippen LogP contribution in [0.25, 0.3) is 5.69 Å². The second-order valence-corrected chi connectivity index (χ2v) is 3.48. The van der Waals surface area contributed by atoms with Crippen molar-refractivity contribution in [2.75, 3.05) is 5.73 Å². The minimum Gasteiger partial charge on any atom is -0.382 e. The van der Waals surface area contributed by atoms with Gasteiger partial charge in [-0.25, -0.2) is 4.68 Å². The first-order valence-electron chi connectivity index (χ1n) is 4.55. The SMILES string of the molecule is Cc1ccc(-n2ccc(N)n2)c(C)c1. The van der Waals surface area contributed by atoms with Gasteiger partial charge in [0.1, 0.15) is 5.82 Å². The van der Waals surface area contributed by atoms with E-state index in [0.717, 1.165) is 5.69 Å². The zero-order valence-electron chi connectivity index (χ0n) is 8.36. The molecule has 2 aromatic rings. The third-order valence-corrected chi connectivity index (χ3v) is 2.21. The summed E-state index contributed by atoms with van der Waals surface area (Å²) >= 11 is 0. The minimum absolute atomic E-state index is 0.546. The van der Waals surface area contributed by atoms with E-state index in [0.29, 0.717) is 5.82 Å². The predicted octanol–water partition coefficient (Wildman–Crippen LogP) is 2.07. The number of nitrogens with two attached hydrogens (primary N) is 1. The summed E-state index contributed by atoms with van der Waals surface area (Å²) in [5.74, 6) is 0.546. The smallest absolute Gasteiger partial charge is 0.145 e. The number of anilines is 1. The van der Waals surface area contributed by atoms with Gasteiger partial charge in [0.05, 0.1) is 5.69 Å². The molecule has 0 amide bonds. The molecule has 0 saturated heterocycles. The van der Waals surface area contributed by atoms with Crippen LogP contribution in [0.15, 0.2) is 30.5 Å². The molecule has 3 nitrogen and oxygen atoms in total. The number of aryl methyl sites for hydroxylation is 2. The molecular weight excluding hydrogens is 174 g/mol. The van der Waals surface area contributed by atoms with E-state index in [1.165, 1.54) is 11.1 Å². The minimum atomic E-state index is 0.546. The quantitative estimate of drug-likeness (QED) is 0.742. The summed E-state index contributed by atoms with van der Waals surface area (Å²) in [5, 5.41) is 4.17. The molecule has 1 heterocycles. The molecule has 0 aliphatic heterocycles. The van der Waals surface area contributed by atoms with Gasteiger partial charge in [0, 0.05) is 12.3 Å². The zero-order valence-corrected chi connectivity index (χ0v) is 8.36. The summed E-state index contributed by atoms with van der Waals surface area (Å²) in [5.41, 5.74) is 9.10. The van der Waals surface area contributed by atoms with Gasteiger partial charge >= 0.3 is 0 Å². The van der Waals surface area contributed by atoms with Crippen LogP contribution in [-0.4, -0.2) is 9.78 Å². The molecule has 2 N–H and O–H groups in total. The fraction of sp³-hybridized carbons (Fsp3) is 0.182. The van der Waals surface area contributed by atoms with Crippen molar-refractivity contribution in [1.82, 2.24) is 9.78 Å². The number of nitrogen functional groups attached to an aromatic ring is 1. The van der Waals surface area contributed by atoms with Crippen molar-refractivity contribution in [2.24, 2.45) is 0 Å². The van der Waals surface area contributed by atoms with Gasteiger partial charge in [0.25, 0.3) is 0 Å². The van der Waals surface area contributed by atoms with Crippen molar-refractivity contribution in [2.45, 2.75) is 13.8 Å². The van der Waals surface area contributed by atoms with E-state index in [9.17, 15) is 0 Å². The summed E-state index contributed by atoms with van der Waals surface area (Å²) in [6.45, 7) is 4.15. The fourth-order valence-corrected chi connectivity index (χ4v) is 1.53. The highest BCUT2D eigenvalue weighted by molar-refractivity contribution is 5.43. The first-order chi connectivity index (χ1) is 6.66. The Hall–Kier alpha value is -1.77. The topological polar surface area (TPSA) is 43.8 Å². The van der Waals surface area contributed by atoms with Crippen LogP contribution >= 0.6 is 0 Å². The number of aromatic nitrogens is 2. The summed E-state index contributed by atoms with van der Waals surface area (Å²) < 4.78 is 1.80. The van der Waals surface area contributed by atoms with E-state index in [-0.39, 0.29) is 0 Å². The number of nitrogens with zero attached hydrogens (tertiary/aromatic N) is 2. The number of hydrogen-bond donors (Lipinski definition) is 1. The number of hydrogen-bond acceptors (Lipinski definition) is 2. The van der Waals surface area contributed by atoms with Gasteiger partial charge in [0.15, 0.2) is 0 Å². The summed E-state index contributed by atoms with van der Waals surface area (Å²) in [6, 6.07) is 8.05. The van der Waals surface area contributed by atoms with Crippen molar-refractivity contribution >= 4 is 5.82 Å². The highest BCUT2D eigenvalue weighted by atomic mass is 15.3. The Balaban J connectivity index is 2.52. The van der Waals surface area contributed by atoms with Crippen molar-refractivity contribution in [3.05, 3.63) is 41.6 Å². The lowest BCUT2D eigenvalue weighted by atomic mass is 10.1. The molecule has 0 aliphatic carbocycles. The van der Waals surface area contributed by atoms with Crippen LogP contribution in [0.2, 0.25) is 0 Å². The Labute approximate surface area is 83.2 Å². The first kappa shape index (κ1) is 8.81. The van der Waals surface area contributed by atoms with Crippen LogP contribution in [-0.2, 0) is 0 Å². The van der Waals surface area contributed by atoms with Crippen LogP contribution in [0.4, 0.5) is 5.82 Å². The van der Waals surface area contributed by atoms with Gasteiger partial charge in [-0.05, 0) is 25.5 Å². The monoisotopic (exact) mass is 187 g/mol. The molecule has 14 heavy (non-hydrogen) atoms. The van der Waals surface area contributed by atoms with Gasteiger partial charge in [0.2, 0.25) is 0 Å². The predicted molar refractivity (Wildman–Crippen MR) is 57.5 cm³/mol. The van der Waals surface area contributed by atoms with Crippen LogP contribution < -0.4 is 5.73 Å². The van der Waals surface area contributed by atoms with Gasteiger partial charge in [-0.3, -0.25) is 0 Å². The fourth-order valence-electron chi connectivity index (χ4n) is 1.53. The lowest BCUT2D eigenvalue weighted by Gasteiger charge is -2.06. The molecule has 0 atom stereocenters. The molecule has 0 fully saturated rings. The molecule has 0 aliphatic rings. The summed E-state index contributed by atoms with van der Waals surface area (Å²) in [6.07, 6.45) is 1.87. The lowest BCUT2D eigenvalue weighted by molar-refractivity contribution is 0.877. The summed E-state index contributed by atoms with van der Waals surface area (Å²) in [7, 11) is 0. The Morgan fingerprint density at radius 1 is 1.21 bits per heavy atom. The Kier molecular flexibility index (Phi) is 2.00. The van der Waals surface area contributed by atoms with Gasteiger partial charge in [-0.15, -0.1) is 0 Å². The molecular formula is C11H13N3. The Bertz CT molecular complexity index is 457. The second-order valence-electron chi connectivity index (χ2n) is 3.48. The molecule has 1 aromatic heterocycles. The second kappa shape index (κ2) is 3.18. The highest BCUT2D eigenvalue weighted by Crippen LogP contribution is 2.15. The van der Waals surface area contributed by atoms with Gasteiger partial charge < -0.3 is 5.73 Å². The van der Waals surface area contributed by atoms with Crippen molar-refractivity contribution in [3.63, 3.8) is 0 Å². The lowest BCUT2D eigenvalue weighted by Crippen LogP contribution is -1.98. The van der Waals surface area contributed by atoms with E-state index in [1.807, 2.05) is 6.20 Å². The molecule has 1 aromatic carbocycles. The van der Waals surface area contributed by atoms with Crippen LogP contribution in [0.3, 0.4) is 0 Å². The molecule has 0 unspecified atom stereocenters. The maximum Gasteiger partial charge on any atom is 0.145 e. The van der Waals surface area contributed by atoms with Gasteiger partial charge in [-0.2, -0.15) is 5.10 Å². The largest absolute Gasteiger partial charge is 0.382 e. The molecule has 0 spiro atoms. The summed E-state index contributed by atoms with van der Waals surface area (Å²) in [4.78, 5) is 0. The molecule has 0 radical (unpaired) electrons. The van der Waals surface area contributed by atoms with Gasteiger partial charge in [-0.1, -0.05) is 17.7 Å². The normalized spacial score (nSPS) is 10.4. The first-order valence-corrected chi connectivity index (χ1v) is 4.55. The maximum atomic E-state index is 5.56.